The predicted molar refractivity (Wildman–Crippen MR) is 97.8 cm³/mol. The van der Waals surface area contributed by atoms with Crippen molar-refractivity contribution in [2.75, 3.05) is 13.7 Å². The van der Waals surface area contributed by atoms with Crippen LogP contribution in [0.15, 0.2) is 59.0 Å². The smallest absolute Gasteiger partial charge is 0.247 e. The maximum Gasteiger partial charge on any atom is 0.247 e. The SMILES string of the molecule is COc1ccc(-c2nnc(CCC(=O)NCCc3ccccc3)o2)cc1. The summed E-state index contributed by atoms with van der Waals surface area (Å²) in [5.74, 6) is 1.63. The highest BCUT2D eigenvalue weighted by atomic mass is 16.5. The van der Waals surface area contributed by atoms with Crippen LogP contribution in [-0.2, 0) is 17.6 Å². The minimum Gasteiger partial charge on any atom is -0.497 e. The van der Waals surface area contributed by atoms with E-state index >= 15 is 0 Å². The van der Waals surface area contributed by atoms with Gasteiger partial charge >= 0.3 is 0 Å². The zero-order valence-corrected chi connectivity index (χ0v) is 14.6. The predicted octanol–water partition coefficient (Wildman–Crippen LogP) is 3.04. The van der Waals surface area contributed by atoms with E-state index < -0.39 is 0 Å². The van der Waals surface area contributed by atoms with E-state index in [4.69, 9.17) is 9.15 Å². The molecule has 3 rings (SSSR count). The molecule has 0 fully saturated rings. The topological polar surface area (TPSA) is 77.2 Å². The number of carbonyl (C=O) groups is 1. The van der Waals surface area contributed by atoms with Gasteiger partial charge in [0.1, 0.15) is 5.75 Å². The number of aromatic nitrogens is 2. The summed E-state index contributed by atoms with van der Waals surface area (Å²) in [6, 6.07) is 17.4. The quantitative estimate of drug-likeness (QED) is 0.675. The standard InChI is InChI=1S/C20H21N3O3/c1-25-17-9-7-16(8-10-17)20-23-22-19(26-20)12-11-18(24)21-14-13-15-5-3-2-4-6-15/h2-10H,11-14H2,1H3,(H,21,24). The molecule has 26 heavy (non-hydrogen) atoms. The number of aryl methyl sites for hydroxylation is 1. The van der Waals surface area contributed by atoms with Crippen LogP contribution < -0.4 is 10.1 Å². The number of benzene rings is 2. The van der Waals surface area contributed by atoms with E-state index in [0.717, 1.165) is 17.7 Å². The molecule has 134 valence electrons. The van der Waals surface area contributed by atoms with Crippen molar-refractivity contribution < 1.29 is 13.9 Å². The van der Waals surface area contributed by atoms with Gasteiger partial charge < -0.3 is 14.5 Å². The molecule has 0 radical (unpaired) electrons. The van der Waals surface area contributed by atoms with Crippen LogP contribution in [-0.4, -0.2) is 29.8 Å². The largest absolute Gasteiger partial charge is 0.497 e. The first kappa shape index (κ1) is 17.7. The van der Waals surface area contributed by atoms with E-state index in [1.165, 1.54) is 5.56 Å². The minimum absolute atomic E-state index is 0.0230. The third-order valence-corrected chi connectivity index (χ3v) is 3.95. The van der Waals surface area contributed by atoms with E-state index in [0.29, 0.717) is 31.2 Å². The van der Waals surface area contributed by atoms with Gasteiger partial charge in [0.2, 0.25) is 17.7 Å². The number of carbonyl (C=O) groups excluding carboxylic acids is 1. The summed E-state index contributed by atoms with van der Waals surface area (Å²) >= 11 is 0. The Bertz CT molecular complexity index is 829. The summed E-state index contributed by atoms with van der Waals surface area (Å²) in [4.78, 5) is 11.9. The highest BCUT2D eigenvalue weighted by molar-refractivity contribution is 5.76. The fraction of sp³-hybridized carbons (Fsp3) is 0.250. The molecule has 1 amide bonds. The molecule has 6 heteroatoms. The highest BCUT2D eigenvalue weighted by Gasteiger charge is 2.10. The van der Waals surface area contributed by atoms with E-state index in [9.17, 15) is 4.79 Å². The van der Waals surface area contributed by atoms with Crippen LogP contribution >= 0.6 is 0 Å². The Balaban J connectivity index is 1.44. The first-order chi connectivity index (χ1) is 12.7. The molecule has 2 aromatic carbocycles. The van der Waals surface area contributed by atoms with E-state index in [1.54, 1.807) is 7.11 Å². The summed E-state index contributed by atoms with van der Waals surface area (Å²) in [5, 5.41) is 10.9. The second-order valence-corrected chi connectivity index (χ2v) is 5.82. The van der Waals surface area contributed by atoms with Crippen molar-refractivity contribution in [1.82, 2.24) is 15.5 Å². The second kappa shape index (κ2) is 8.80. The Labute approximate surface area is 152 Å². The first-order valence-electron chi connectivity index (χ1n) is 8.52. The highest BCUT2D eigenvalue weighted by Crippen LogP contribution is 2.21. The summed E-state index contributed by atoms with van der Waals surface area (Å²) < 4.78 is 10.7. The maximum absolute atomic E-state index is 11.9. The van der Waals surface area contributed by atoms with Crippen LogP contribution in [0.25, 0.3) is 11.5 Å². The van der Waals surface area contributed by atoms with Gasteiger partial charge in [0.15, 0.2) is 0 Å². The van der Waals surface area contributed by atoms with Crippen molar-refractivity contribution in [3.8, 4) is 17.2 Å². The van der Waals surface area contributed by atoms with Crippen molar-refractivity contribution in [2.45, 2.75) is 19.3 Å². The summed E-state index contributed by atoms with van der Waals surface area (Å²) in [7, 11) is 1.62. The molecule has 0 unspecified atom stereocenters. The van der Waals surface area contributed by atoms with E-state index in [-0.39, 0.29) is 5.91 Å². The third kappa shape index (κ3) is 4.92. The monoisotopic (exact) mass is 351 g/mol. The van der Waals surface area contributed by atoms with Gasteiger partial charge in [0, 0.05) is 24.9 Å². The lowest BCUT2D eigenvalue weighted by Gasteiger charge is -2.04. The molecular formula is C20H21N3O3. The summed E-state index contributed by atoms with van der Waals surface area (Å²) in [6.07, 6.45) is 1.55. The molecule has 0 saturated carbocycles. The number of rotatable bonds is 8. The van der Waals surface area contributed by atoms with Gasteiger partial charge in [-0.15, -0.1) is 10.2 Å². The molecule has 0 saturated heterocycles. The van der Waals surface area contributed by atoms with Gasteiger partial charge in [-0.3, -0.25) is 4.79 Å². The first-order valence-corrected chi connectivity index (χ1v) is 8.52. The molecule has 3 aromatic rings. The van der Waals surface area contributed by atoms with Crippen LogP contribution in [0.2, 0.25) is 0 Å². The average molecular weight is 351 g/mol. The number of methoxy groups -OCH3 is 1. The van der Waals surface area contributed by atoms with Crippen molar-refractivity contribution in [3.63, 3.8) is 0 Å². The van der Waals surface area contributed by atoms with Crippen LogP contribution in [0.3, 0.4) is 0 Å². The normalized spacial score (nSPS) is 10.5. The van der Waals surface area contributed by atoms with Crippen LogP contribution in [0.4, 0.5) is 0 Å². The number of hydrogen-bond donors (Lipinski definition) is 1. The molecule has 0 spiro atoms. The molecule has 1 N–H and O–H groups in total. The Morgan fingerprint density at radius 2 is 1.81 bits per heavy atom. The molecule has 0 aliphatic heterocycles. The van der Waals surface area contributed by atoms with Crippen molar-refractivity contribution in [1.29, 1.82) is 0 Å². The maximum atomic E-state index is 11.9. The lowest BCUT2D eigenvalue weighted by atomic mass is 10.1. The molecule has 0 atom stereocenters. The van der Waals surface area contributed by atoms with Crippen molar-refractivity contribution in [3.05, 3.63) is 66.1 Å². The Kier molecular flexibility index (Phi) is 5.98. The number of hydrogen-bond acceptors (Lipinski definition) is 5. The van der Waals surface area contributed by atoms with E-state index in [1.807, 2.05) is 54.6 Å². The molecule has 0 aliphatic carbocycles. The fourth-order valence-electron chi connectivity index (χ4n) is 2.50. The third-order valence-electron chi connectivity index (χ3n) is 3.95. The Hall–Kier alpha value is -3.15. The number of amides is 1. The van der Waals surface area contributed by atoms with Gasteiger partial charge in [-0.1, -0.05) is 30.3 Å². The zero-order chi connectivity index (χ0) is 18.2. The second-order valence-electron chi connectivity index (χ2n) is 5.82. The van der Waals surface area contributed by atoms with Gasteiger partial charge in [-0.2, -0.15) is 0 Å². The number of nitrogens with one attached hydrogen (secondary N) is 1. The lowest BCUT2D eigenvalue weighted by Crippen LogP contribution is -2.25. The molecule has 0 bridgehead atoms. The van der Waals surface area contributed by atoms with Crippen molar-refractivity contribution in [2.24, 2.45) is 0 Å². The zero-order valence-electron chi connectivity index (χ0n) is 14.6. The number of nitrogens with zero attached hydrogens (tertiary/aromatic N) is 2. The van der Waals surface area contributed by atoms with Crippen LogP contribution in [0.1, 0.15) is 17.9 Å². The molecule has 0 aliphatic rings. The molecular weight excluding hydrogens is 330 g/mol. The molecule has 1 aromatic heterocycles. The van der Waals surface area contributed by atoms with Gasteiger partial charge in [-0.05, 0) is 36.2 Å². The van der Waals surface area contributed by atoms with Gasteiger partial charge in [-0.25, -0.2) is 0 Å². The van der Waals surface area contributed by atoms with Crippen LogP contribution in [0, 0.1) is 0 Å². The van der Waals surface area contributed by atoms with Gasteiger partial charge in [0.05, 0.1) is 7.11 Å². The van der Waals surface area contributed by atoms with Gasteiger partial charge in [0.25, 0.3) is 0 Å². The average Bonchev–Trinajstić information content (AvgIpc) is 3.16. The summed E-state index contributed by atoms with van der Waals surface area (Å²) in [6.45, 7) is 0.615. The Morgan fingerprint density at radius 3 is 2.54 bits per heavy atom. The summed E-state index contributed by atoms with van der Waals surface area (Å²) in [5.41, 5.74) is 2.02. The Morgan fingerprint density at radius 1 is 1.04 bits per heavy atom. The molecule has 6 nitrogen and oxygen atoms in total. The molecule has 1 heterocycles. The number of ether oxygens (including phenoxy) is 1. The fourth-order valence-corrected chi connectivity index (χ4v) is 2.50. The minimum atomic E-state index is -0.0230. The lowest BCUT2D eigenvalue weighted by molar-refractivity contribution is -0.121. The van der Waals surface area contributed by atoms with Crippen molar-refractivity contribution >= 4 is 5.91 Å². The van der Waals surface area contributed by atoms with E-state index in [2.05, 4.69) is 15.5 Å². The van der Waals surface area contributed by atoms with Crippen LogP contribution in [0.5, 0.6) is 5.75 Å².